The van der Waals surface area contributed by atoms with Crippen molar-refractivity contribution in [3.63, 3.8) is 0 Å². The Morgan fingerprint density at radius 1 is 1.27 bits per heavy atom. The van der Waals surface area contributed by atoms with E-state index in [4.69, 9.17) is 0 Å². The summed E-state index contributed by atoms with van der Waals surface area (Å²) in [7, 11) is 0. The summed E-state index contributed by atoms with van der Waals surface area (Å²) in [5.74, 6) is 0.726. The van der Waals surface area contributed by atoms with Crippen LogP contribution in [-0.2, 0) is 11.2 Å². The van der Waals surface area contributed by atoms with Gasteiger partial charge in [0, 0.05) is 31.3 Å². The number of rotatable bonds is 5. The van der Waals surface area contributed by atoms with Crippen LogP contribution in [0.2, 0.25) is 0 Å². The van der Waals surface area contributed by atoms with Gasteiger partial charge in [0.1, 0.15) is 11.9 Å². The highest BCUT2D eigenvalue weighted by atomic mass is 16.2. The maximum Gasteiger partial charge on any atom is 0.241 e. The first-order chi connectivity index (χ1) is 10.8. The summed E-state index contributed by atoms with van der Waals surface area (Å²) in [5, 5.41) is 5.98. The number of nitrogens with one attached hydrogen (secondary N) is 2. The molecule has 1 amide bonds. The third kappa shape index (κ3) is 3.56. The summed E-state index contributed by atoms with van der Waals surface area (Å²) in [5.41, 5.74) is 1.97. The Bertz CT molecular complexity index is 669. The minimum Gasteiger partial charge on any atom is -0.354 e. The van der Waals surface area contributed by atoms with Crippen molar-refractivity contribution in [1.29, 1.82) is 0 Å². The zero-order valence-electron chi connectivity index (χ0n) is 12.2. The van der Waals surface area contributed by atoms with Crippen LogP contribution >= 0.6 is 0 Å². The van der Waals surface area contributed by atoms with Crippen LogP contribution in [0.5, 0.6) is 0 Å². The number of nitrogens with zero attached hydrogens (tertiary/aromatic N) is 2. The van der Waals surface area contributed by atoms with Crippen molar-refractivity contribution < 1.29 is 4.79 Å². The summed E-state index contributed by atoms with van der Waals surface area (Å²) in [6.07, 6.45) is 6.20. The molecule has 0 bridgehead atoms. The van der Waals surface area contributed by atoms with Gasteiger partial charge in [0.25, 0.3) is 0 Å². The Hall–Kier alpha value is -2.53. The van der Waals surface area contributed by atoms with Crippen LogP contribution in [-0.4, -0.2) is 35.0 Å². The predicted molar refractivity (Wildman–Crippen MR) is 85.1 cm³/mol. The van der Waals surface area contributed by atoms with Crippen LogP contribution in [0.3, 0.4) is 0 Å². The number of carbonyl (C=O) groups excluding carboxylic acids is 1. The lowest BCUT2D eigenvalue weighted by Crippen LogP contribution is -2.41. The van der Waals surface area contributed by atoms with Gasteiger partial charge in [-0.25, -0.2) is 9.97 Å². The van der Waals surface area contributed by atoms with Crippen molar-refractivity contribution in [3.05, 3.63) is 60.6 Å². The molecular weight excluding hydrogens is 276 g/mol. The van der Waals surface area contributed by atoms with Gasteiger partial charge in [0.05, 0.1) is 5.69 Å². The Morgan fingerprint density at radius 2 is 2.14 bits per heavy atom. The molecule has 0 spiro atoms. The smallest absolute Gasteiger partial charge is 0.241 e. The second-order valence-electron chi connectivity index (χ2n) is 5.08. The highest BCUT2D eigenvalue weighted by Gasteiger charge is 2.16. The van der Waals surface area contributed by atoms with E-state index in [9.17, 15) is 4.79 Å². The van der Waals surface area contributed by atoms with E-state index in [1.807, 2.05) is 48.6 Å². The molecule has 112 valence electrons. The first kappa shape index (κ1) is 14.4. The Balaban J connectivity index is 1.57. The molecule has 1 atom stereocenters. The molecule has 0 unspecified atom stereocenters. The van der Waals surface area contributed by atoms with Crippen LogP contribution in [0.25, 0.3) is 11.3 Å². The lowest BCUT2D eigenvalue weighted by Gasteiger charge is -2.10. The molecule has 2 heterocycles. The van der Waals surface area contributed by atoms with E-state index in [1.165, 1.54) is 0 Å². The van der Waals surface area contributed by atoms with Gasteiger partial charge in [-0.15, -0.1) is 0 Å². The summed E-state index contributed by atoms with van der Waals surface area (Å²) in [6, 6.07) is 11.7. The summed E-state index contributed by atoms with van der Waals surface area (Å²) < 4.78 is 0. The molecule has 0 fully saturated rings. The highest BCUT2D eigenvalue weighted by Crippen LogP contribution is 2.15. The molecule has 0 aliphatic carbocycles. The van der Waals surface area contributed by atoms with Gasteiger partial charge in [-0.2, -0.15) is 0 Å². The minimum absolute atomic E-state index is 0.00651. The molecule has 1 aliphatic rings. The van der Waals surface area contributed by atoms with Gasteiger partial charge in [-0.1, -0.05) is 42.5 Å². The van der Waals surface area contributed by atoms with Crippen LogP contribution in [0, 0.1) is 0 Å². The van der Waals surface area contributed by atoms with Crippen molar-refractivity contribution in [2.24, 2.45) is 0 Å². The standard InChI is InChI=1S/C17H18N4O/c22-17(15-7-4-10-18-15)20-12-9-16-19-11-8-14(21-16)13-5-2-1-3-6-13/h1-8,11,15,18H,9-10,12H2,(H,20,22)/t15-/m0/s1. The van der Waals surface area contributed by atoms with Gasteiger partial charge >= 0.3 is 0 Å². The van der Waals surface area contributed by atoms with E-state index >= 15 is 0 Å². The maximum atomic E-state index is 11.9. The lowest BCUT2D eigenvalue weighted by atomic mass is 10.1. The fourth-order valence-electron chi connectivity index (χ4n) is 2.34. The molecule has 2 aromatic rings. The van der Waals surface area contributed by atoms with Crippen molar-refractivity contribution in [2.45, 2.75) is 12.5 Å². The maximum absolute atomic E-state index is 11.9. The van der Waals surface area contributed by atoms with Gasteiger partial charge in [-0.3, -0.25) is 10.1 Å². The zero-order valence-corrected chi connectivity index (χ0v) is 12.2. The lowest BCUT2D eigenvalue weighted by molar-refractivity contribution is -0.121. The topological polar surface area (TPSA) is 66.9 Å². The molecule has 0 saturated carbocycles. The Morgan fingerprint density at radius 3 is 2.91 bits per heavy atom. The quantitative estimate of drug-likeness (QED) is 0.817. The third-order valence-corrected chi connectivity index (χ3v) is 3.49. The number of hydrogen-bond donors (Lipinski definition) is 2. The number of amides is 1. The summed E-state index contributed by atoms with van der Waals surface area (Å²) in [4.78, 5) is 20.7. The largest absolute Gasteiger partial charge is 0.354 e. The Kier molecular flexibility index (Phi) is 4.56. The molecule has 1 aliphatic heterocycles. The van der Waals surface area contributed by atoms with Crippen LogP contribution in [0.4, 0.5) is 0 Å². The second-order valence-corrected chi connectivity index (χ2v) is 5.08. The van der Waals surface area contributed by atoms with Gasteiger partial charge in [-0.05, 0) is 6.07 Å². The van der Waals surface area contributed by atoms with Gasteiger partial charge < -0.3 is 5.32 Å². The molecule has 5 heteroatoms. The van der Waals surface area contributed by atoms with Crippen molar-refractivity contribution in [1.82, 2.24) is 20.6 Å². The normalized spacial score (nSPS) is 16.6. The van der Waals surface area contributed by atoms with Gasteiger partial charge in [0.15, 0.2) is 0 Å². The fraction of sp³-hybridized carbons (Fsp3) is 0.235. The minimum atomic E-state index is -0.212. The molecular formula is C17H18N4O. The highest BCUT2D eigenvalue weighted by molar-refractivity contribution is 5.84. The van der Waals surface area contributed by atoms with Crippen LogP contribution in [0.1, 0.15) is 5.82 Å². The van der Waals surface area contributed by atoms with Crippen LogP contribution in [0.15, 0.2) is 54.7 Å². The van der Waals surface area contributed by atoms with E-state index in [0.29, 0.717) is 13.0 Å². The molecule has 3 rings (SSSR count). The number of benzene rings is 1. The molecule has 0 saturated heterocycles. The average molecular weight is 294 g/mol. The monoisotopic (exact) mass is 294 g/mol. The average Bonchev–Trinajstić information content (AvgIpc) is 3.10. The summed E-state index contributed by atoms with van der Waals surface area (Å²) in [6.45, 7) is 1.28. The van der Waals surface area contributed by atoms with Crippen molar-refractivity contribution in [3.8, 4) is 11.3 Å². The molecule has 1 aromatic heterocycles. The SMILES string of the molecule is O=C(NCCc1nccc(-c2ccccc2)n1)[C@@H]1C=CCN1. The Labute approximate surface area is 129 Å². The summed E-state index contributed by atoms with van der Waals surface area (Å²) >= 11 is 0. The van der Waals surface area contributed by atoms with E-state index in [-0.39, 0.29) is 11.9 Å². The van der Waals surface area contributed by atoms with E-state index < -0.39 is 0 Å². The first-order valence-corrected chi connectivity index (χ1v) is 7.38. The van der Waals surface area contributed by atoms with E-state index in [0.717, 1.165) is 23.6 Å². The first-order valence-electron chi connectivity index (χ1n) is 7.38. The third-order valence-electron chi connectivity index (χ3n) is 3.49. The fourth-order valence-corrected chi connectivity index (χ4v) is 2.34. The van der Waals surface area contributed by atoms with Crippen LogP contribution < -0.4 is 10.6 Å². The molecule has 5 nitrogen and oxygen atoms in total. The van der Waals surface area contributed by atoms with Gasteiger partial charge in [0.2, 0.25) is 5.91 Å². The molecule has 2 N–H and O–H groups in total. The molecule has 0 radical (unpaired) electrons. The number of carbonyl (C=O) groups is 1. The zero-order chi connectivity index (χ0) is 15.2. The second kappa shape index (κ2) is 6.95. The number of hydrogen-bond acceptors (Lipinski definition) is 4. The molecule has 1 aromatic carbocycles. The van der Waals surface area contributed by atoms with E-state index in [2.05, 4.69) is 20.6 Å². The molecule has 22 heavy (non-hydrogen) atoms. The van der Waals surface area contributed by atoms with Crippen molar-refractivity contribution in [2.75, 3.05) is 13.1 Å². The van der Waals surface area contributed by atoms with E-state index in [1.54, 1.807) is 6.20 Å². The van der Waals surface area contributed by atoms with Crippen molar-refractivity contribution >= 4 is 5.91 Å². The predicted octanol–water partition coefficient (Wildman–Crippen LogP) is 1.33. The number of aromatic nitrogens is 2.